The Morgan fingerprint density at radius 1 is 1.14 bits per heavy atom. The van der Waals surface area contributed by atoms with E-state index >= 15 is 0 Å². The number of piperidine rings is 1. The van der Waals surface area contributed by atoms with E-state index in [4.69, 9.17) is 4.74 Å². The van der Waals surface area contributed by atoms with E-state index in [9.17, 15) is 19.2 Å². The van der Waals surface area contributed by atoms with E-state index in [-0.39, 0.29) is 11.9 Å². The maximum atomic E-state index is 13.0. The van der Waals surface area contributed by atoms with Crippen molar-refractivity contribution in [1.29, 1.82) is 0 Å². The molecule has 1 aliphatic heterocycles. The van der Waals surface area contributed by atoms with Gasteiger partial charge in [0.25, 0.3) is 5.91 Å². The van der Waals surface area contributed by atoms with Gasteiger partial charge in [0.15, 0.2) is 6.61 Å². The third-order valence-corrected chi connectivity index (χ3v) is 5.36. The van der Waals surface area contributed by atoms with Crippen molar-refractivity contribution >= 4 is 23.8 Å². The van der Waals surface area contributed by atoms with E-state index < -0.39 is 29.9 Å². The van der Waals surface area contributed by atoms with Gasteiger partial charge in [0.05, 0.1) is 5.41 Å². The van der Waals surface area contributed by atoms with Crippen molar-refractivity contribution in [2.75, 3.05) is 19.7 Å². The Balaban J connectivity index is 2.03. The molecule has 4 amide bonds. The quantitative estimate of drug-likeness (QED) is 0.704. The van der Waals surface area contributed by atoms with Gasteiger partial charge in [-0.1, -0.05) is 37.3 Å². The number of nitrogens with zero attached hydrogens (tertiary/aromatic N) is 1. The number of nitrogens with one attached hydrogen (secondary N) is 2. The zero-order valence-corrected chi connectivity index (χ0v) is 17.2. The summed E-state index contributed by atoms with van der Waals surface area (Å²) >= 11 is 0. The molecule has 0 bridgehead atoms. The predicted octanol–water partition coefficient (Wildman–Crippen LogP) is 1.73. The molecule has 1 saturated heterocycles. The first-order valence-corrected chi connectivity index (χ1v) is 9.87. The molecule has 0 aliphatic carbocycles. The third kappa shape index (κ3) is 5.79. The van der Waals surface area contributed by atoms with E-state index in [1.807, 2.05) is 44.2 Å². The molecule has 1 aromatic rings. The van der Waals surface area contributed by atoms with Gasteiger partial charge in [-0.15, -0.1) is 0 Å². The monoisotopic (exact) mass is 403 g/mol. The standard InChI is InChI=1S/C21H29N3O5/c1-4-15(2)22-20(28)23-18(26)14-29-19(27)21(17-8-6-5-7-9-17)10-12-24(13-11-21)16(3)25/h5-9,15H,4,10-14H2,1-3H3,(H2,22,23,26,28)/t15-/m0/s1. The van der Waals surface area contributed by atoms with Crippen LogP contribution in [-0.2, 0) is 24.5 Å². The summed E-state index contributed by atoms with van der Waals surface area (Å²) in [6, 6.07) is 8.55. The summed E-state index contributed by atoms with van der Waals surface area (Å²) in [5, 5.41) is 4.77. The van der Waals surface area contributed by atoms with Crippen molar-refractivity contribution in [3.05, 3.63) is 35.9 Å². The molecule has 1 aromatic carbocycles. The molecule has 8 nitrogen and oxygen atoms in total. The molecule has 2 N–H and O–H groups in total. The number of likely N-dealkylation sites (tertiary alicyclic amines) is 1. The van der Waals surface area contributed by atoms with Crippen molar-refractivity contribution in [1.82, 2.24) is 15.5 Å². The molecule has 0 aromatic heterocycles. The summed E-state index contributed by atoms with van der Waals surface area (Å²) in [5.74, 6) is -1.25. The molecule has 1 heterocycles. The summed E-state index contributed by atoms with van der Waals surface area (Å²) in [6.45, 7) is 5.56. The Kier molecular flexibility index (Phi) is 7.75. The molecule has 158 valence electrons. The van der Waals surface area contributed by atoms with Crippen LogP contribution in [0.5, 0.6) is 0 Å². The van der Waals surface area contributed by atoms with Crippen LogP contribution in [0.3, 0.4) is 0 Å². The Hall–Kier alpha value is -2.90. The fourth-order valence-corrected chi connectivity index (χ4v) is 3.37. The summed E-state index contributed by atoms with van der Waals surface area (Å²) < 4.78 is 5.29. The van der Waals surface area contributed by atoms with E-state index in [0.717, 1.165) is 12.0 Å². The average molecular weight is 403 g/mol. The lowest BCUT2D eigenvalue weighted by atomic mass is 9.72. The van der Waals surface area contributed by atoms with Gasteiger partial charge in [0, 0.05) is 26.1 Å². The minimum Gasteiger partial charge on any atom is -0.455 e. The smallest absolute Gasteiger partial charge is 0.321 e. The lowest BCUT2D eigenvalue weighted by Gasteiger charge is -2.40. The molecule has 0 spiro atoms. The lowest BCUT2D eigenvalue weighted by molar-refractivity contribution is -0.157. The molecule has 1 aliphatic rings. The highest BCUT2D eigenvalue weighted by molar-refractivity contribution is 5.96. The Labute approximate surface area is 171 Å². The van der Waals surface area contributed by atoms with Crippen LogP contribution in [0.4, 0.5) is 4.79 Å². The van der Waals surface area contributed by atoms with Crippen molar-refractivity contribution in [3.63, 3.8) is 0 Å². The van der Waals surface area contributed by atoms with Crippen LogP contribution >= 0.6 is 0 Å². The molecular weight excluding hydrogens is 374 g/mol. The van der Waals surface area contributed by atoms with Crippen LogP contribution in [0.25, 0.3) is 0 Å². The zero-order valence-electron chi connectivity index (χ0n) is 17.2. The van der Waals surface area contributed by atoms with Crippen LogP contribution < -0.4 is 10.6 Å². The van der Waals surface area contributed by atoms with Crippen molar-refractivity contribution in [2.24, 2.45) is 0 Å². The Morgan fingerprint density at radius 2 is 1.76 bits per heavy atom. The van der Waals surface area contributed by atoms with E-state index in [1.165, 1.54) is 6.92 Å². The van der Waals surface area contributed by atoms with E-state index in [2.05, 4.69) is 10.6 Å². The first-order chi connectivity index (χ1) is 13.8. The van der Waals surface area contributed by atoms with Crippen molar-refractivity contribution < 1.29 is 23.9 Å². The summed E-state index contributed by atoms with van der Waals surface area (Å²) in [7, 11) is 0. The number of hydrogen-bond acceptors (Lipinski definition) is 5. The average Bonchev–Trinajstić information content (AvgIpc) is 2.72. The SMILES string of the molecule is CC[C@H](C)NC(=O)NC(=O)COC(=O)C1(c2ccccc2)CCN(C(C)=O)CC1. The first-order valence-electron chi connectivity index (χ1n) is 9.87. The maximum absolute atomic E-state index is 13.0. The number of ether oxygens (including phenoxy) is 1. The number of imide groups is 1. The molecule has 0 unspecified atom stereocenters. The van der Waals surface area contributed by atoms with Gasteiger partial charge in [-0.25, -0.2) is 4.79 Å². The molecule has 29 heavy (non-hydrogen) atoms. The number of esters is 1. The van der Waals surface area contributed by atoms with Gasteiger partial charge in [-0.2, -0.15) is 0 Å². The van der Waals surface area contributed by atoms with Crippen molar-refractivity contribution in [3.8, 4) is 0 Å². The first kappa shape index (κ1) is 22.4. The van der Waals surface area contributed by atoms with Gasteiger partial charge < -0.3 is 15.0 Å². The summed E-state index contributed by atoms with van der Waals surface area (Å²) in [5.41, 5.74) is -0.130. The van der Waals surface area contributed by atoms with Gasteiger partial charge in [0.2, 0.25) is 5.91 Å². The molecule has 2 rings (SSSR count). The molecule has 1 atom stereocenters. The molecule has 0 radical (unpaired) electrons. The van der Waals surface area contributed by atoms with Crippen molar-refractivity contribution in [2.45, 2.75) is 51.5 Å². The zero-order chi connectivity index (χ0) is 21.4. The highest BCUT2D eigenvalue weighted by Crippen LogP contribution is 2.37. The Morgan fingerprint density at radius 3 is 2.31 bits per heavy atom. The summed E-state index contributed by atoms with van der Waals surface area (Å²) in [4.78, 5) is 50.1. The number of carbonyl (C=O) groups is 4. The van der Waals surface area contributed by atoms with Gasteiger partial charge in [0.1, 0.15) is 0 Å². The number of carbonyl (C=O) groups excluding carboxylic acids is 4. The minimum absolute atomic E-state index is 0.0354. The van der Waals surface area contributed by atoms with Crippen LogP contribution in [0.1, 0.15) is 45.6 Å². The van der Waals surface area contributed by atoms with Crippen LogP contribution in [0.2, 0.25) is 0 Å². The van der Waals surface area contributed by atoms with Gasteiger partial charge in [-0.3, -0.25) is 19.7 Å². The second-order valence-corrected chi connectivity index (χ2v) is 7.36. The number of amides is 4. The highest BCUT2D eigenvalue weighted by atomic mass is 16.5. The van der Waals surface area contributed by atoms with Gasteiger partial charge >= 0.3 is 12.0 Å². The van der Waals surface area contributed by atoms with Crippen LogP contribution in [0.15, 0.2) is 30.3 Å². The molecule has 0 saturated carbocycles. The number of hydrogen-bond donors (Lipinski definition) is 2. The van der Waals surface area contributed by atoms with Crippen LogP contribution in [-0.4, -0.2) is 54.5 Å². The van der Waals surface area contributed by atoms with E-state index in [0.29, 0.717) is 25.9 Å². The Bertz CT molecular complexity index is 742. The normalized spacial score (nSPS) is 16.4. The molecule has 8 heteroatoms. The molecule has 1 fully saturated rings. The fourth-order valence-electron chi connectivity index (χ4n) is 3.37. The lowest BCUT2D eigenvalue weighted by Crippen LogP contribution is -2.50. The predicted molar refractivity (Wildman–Crippen MR) is 107 cm³/mol. The minimum atomic E-state index is -0.924. The largest absolute Gasteiger partial charge is 0.455 e. The number of benzene rings is 1. The topological polar surface area (TPSA) is 105 Å². The second-order valence-electron chi connectivity index (χ2n) is 7.36. The van der Waals surface area contributed by atoms with Gasteiger partial charge in [-0.05, 0) is 31.7 Å². The number of urea groups is 1. The maximum Gasteiger partial charge on any atom is 0.321 e. The number of rotatable bonds is 6. The molecular formula is C21H29N3O5. The third-order valence-electron chi connectivity index (χ3n) is 5.36. The fraction of sp³-hybridized carbons (Fsp3) is 0.524. The summed E-state index contributed by atoms with van der Waals surface area (Å²) in [6.07, 6.45) is 1.55. The highest BCUT2D eigenvalue weighted by Gasteiger charge is 2.44. The van der Waals surface area contributed by atoms with Crippen LogP contribution in [0, 0.1) is 0 Å². The van der Waals surface area contributed by atoms with E-state index in [1.54, 1.807) is 4.90 Å². The second kappa shape index (κ2) is 10.0.